The number of carbonyl (C=O) groups is 2. The van der Waals surface area contributed by atoms with Crippen molar-refractivity contribution in [1.29, 1.82) is 0 Å². The van der Waals surface area contributed by atoms with Crippen LogP contribution >= 0.6 is 0 Å². The molecule has 0 heterocycles. The fraction of sp³-hybridized carbons (Fsp3) is 0.733. The maximum atomic E-state index is 11.2. The normalized spacial score (nSPS) is 16.3. The zero-order valence-corrected chi connectivity index (χ0v) is 12.7. The van der Waals surface area contributed by atoms with E-state index in [1.807, 2.05) is 6.08 Å². The van der Waals surface area contributed by atoms with Crippen molar-refractivity contribution in [2.24, 2.45) is 5.73 Å². The lowest BCUT2D eigenvalue weighted by atomic mass is 9.92. The van der Waals surface area contributed by atoms with Crippen molar-refractivity contribution in [2.75, 3.05) is 7.05 Å². The standard InChI is InChI=1S/C15H28N2O2/c1-12(18)14(17-4)10-8-6-5-7-9-11-15(3,16)13(2)19/h6,8,14,17H,5,7,9-11,16H2,1-4H3/b8-6+/t14-,15+/m0/s1. The van der Waals surface area contributed by atoms with Gasteiger partial charge in [0.25, 0.3) is 0 Å². The van der Waals surface area contributed by atoms with Crippen molar-refractivity contribution in [3.8, 4) is 0 Å². The first-order valence-electron chi connectivity index (χ1n) is 6.94. The van der Waals surface area contributed by atoms with Gasteiger partial charge in [-0.15, -0.1) is 0 Å². The third kappa shape index (κ3) is 7.90. The number of nitrogens with two attached hydrogens (primary N) is 1. The van der Waals surface area contributed by atoms with Gasteiger partial charge in [-0.1, -0.05) is 18.6 Å². The molecule has 0 fully saturated rings. The quantitative estimate of drug-likeness (QED) is 0.469. The lowest BCUT2D eigenvalue weighted by molar-refractivity contribution is -0.121. The van der Waals surface area contributed by atoms with Gasteiger partial charge in [-0.3, -0.25) is 9.59 Å². The summed E-state index contributed by atoms with van der Waals surface area (Å²) in [6.07, 6.45) is 8.50. The highest BCUT2D eigenvalue weighted by molar-refractivity contribution is 5.85. The Bertz CT molecular complexity index is 322. The Labute approximate surface area is 116 Å². The summed E-state index contributed by atoms with van der Waals surface area (Å²) in [7, 11) is 1.80. The summed E-state index contributed by atoms with van der Waals surface area (Å²) in [5.74, 6) is 0.203. The molecule has 0 rings (SSSR count). The molecule has 3 N–H and O–H groups in total. The topological polar surface area (TPSA) is 72.2 Å². The Hall–Kier alpha value is -1.00. The van der Waals surface area contributed by atoms with E-state index in [0.29, 0.717) is 0 Å². The van der Waals surface area contributed by atoms with Crippen molar-refractivity contribution < 1.29 is 9.59 Å². The zero-order chi connectivity index (χ0) is 14.9. The molecular weight excluding hydrogens is 240 g/mol. The van der Waals surface area contributed by atoms with Gasteiger partial charge in [-0.25, -0.2) is 0 Å². The van der Waals surface area contributed by atoms with Crippen LogP contribution in [-0.4, -0.2) is 30.2 Å². The van der Waals surface area contributed by atoms with Crippen molar-refractivity contribution in [1.82, 2.24) is 5.32 Å². The third-order valence-corrected chi connectivity index (χ3v) is 3.50. The number of ketones is 2. The molecule has 0 aliphatic rings. The number of hydrogen-bond donors (Lipinski definition) is 2. The highest BCUT2D eigenvalue weighted by Gasteiger charge is 2.22. The monoisotopic (exact) mass is 268 g/mol. The van der Waals surface area contributed by atoms with Crippen LogP contribution in [0.25, 0.3) is 0 Å². The predicted molar refractivity (Wildman–Crippen MR) is 79.0 cm³/mol. The molecule has 2 atom stereocenters. The average molecular weight is 268 g/mol. The van der Waals surface area contributed by atoms with Crippen LogP contribution in [0.15, 0.2) is 12.2 Å². The fourth-order valence-corrected chi connectivity index (χ4v) is 1.77. The van der Waals surface area contributed by atoms with Gasteiger partial charge >= 0.3 is 0 Å². The number of hydrogen-bond acceptors (Lipinski definition) is 4. The Kier molecular flexibility index (Phi) is 8.52. The van der Waals surface area contributed by atoms with Crippen molar-refractivity contribution in [2.45, 2.75) is 64.5 Å². The van der Waals surface area contributed by atoms with E-state index < -0.39 is 5.54 Å². The first kappa shape index (κ1) is 18.0. The number of nitrogens with one attached hydrogen (secondary N) is 1. The SMILES string of the molecule is CN[C@@H](C/C=C/CCCC[C@@](C)(N)C(C)=O)C(C)=O. The van der Waals surface area contributed by atoms with Gasteiger partial charge < -0.3 is 11.1 Å². The minimum absolute atomic E-state index is 0.0429. The summed E-state index contributed by atoms with van der Waals surface area (Å²) in [5.41, 5.74) is 5.19. The summed E-state index contributed by atoms with van der Waals surface area (Å²) in [6.45, 7) is 4.92. The lowest BCUT2D eigenvalue weighted by Gasteiger charge is -2.20. The summed E-state index contributed by atoms with van der Waals surface area (Å²) in [4.78, 5) is 22.4. The van der Waals surface area contributed by atoms with Crippen LogP contribution < -0.4 is 11.1 Å². The van der Waals surface area contributed by atoms with Gasteiger partial charge in [0.05, 0.1) is 11.6 Å². The predicted octanol–water partition coefficient (Wildman–Crippen LogP) is 1.98. The molecule has 0 amide bonds. The first-order valence-corrected chi connectivity index (χ1v) is 6.94. The van der Waals surface area contributed by atoms with Gasteiger partial charge in [0.15, 0.2) is 0 Å². The van der Waals surface area contributed by atoms with Gasteiger partial charge in [0.1, 0.15) is 11.6 Å². The molecule has 0 unspecified atom stereocenters. The van der Waals surface area contributed by atoms with Gasteiger partial charge in [0.2, 0.25) is 0 Å². The molecule has 0 aromatic heterocycles. The maximum Gasteiger partial charge on any atom is 0.149 e. The van der Waals surface area contributed by atoms with Crippen LogP contribution in [0.2, 0.25) is 0 Å². The van der Waals surface area contributed by atoms with E-state index >= 15 is 0 Å². The van der Waals surface area contributed by atoms with Gasteiger partial charge in [0, 0.05) is 0 Å². The first-order chi connectivity index (χ1) is 8.81. The van der Waals surface area contributed by atoms with Crippen molar-refractivity contribution >= 4 is 11.6 Å². The van der Waals surface area contributed by atoms with Gasteiger partial charge in [-0.2, -0.15) is 0 Å². The van der Waals surface area contributed by atoms with Crippen LogP contribution in [0.4, 0.5) is 0 Å². The fourth-order valence-electron chi connectivity index (χ4n) is 1.77. The molecule has 4 nitrogen and oxygen atoms in total. The zero-order valence-electron chi connectivity index (χ0n) is 12.7. The number of rotatable bonds is 10. The van der Waals surface area contributed by atoms with E-state index in [0.717, 1.165) is 32.1 Å². The minimum Gasteiger partial charge on any atom is -0.319 e. The van der Waals surface area contributed by atoms with E-state index in [-0.39, 0.29) is 17.6 Å². The Morgan fingerprint density at radius 2 is 1.89 bits per heavy atom. The Morgan fingerprint density at radius 3 is 2.37 bits per heavy atom. The molecule has 4 heteroatoms. The molecule has 0 aromatic rings. The molecule has 19 heavy (non-hydrogen) atoms. The van der Waals surface area contributed by atoms with Crippen molar-refractivity contribution in [3.05, 3.63) is 12.2 Å². The molecule has 0 radical (unpaired) electrons. The Balaban J connectivity index is 3.76. The van der Waals surface area contributed by atoms with E-state index in [2.05, 4.69) is 11.4 Å². The average Bonchev–Trinajstić information content (AvgIpc) is 2.31. The van der Waals surface area contributed by atoms with E-state index in [1.165, 1.54) is 0 Å². The second-order valence-corrected chi connectivity index (χ2v) is 5.38. The summed E-state index contributed by atoms with van der Waals surface area (Å²) < 4.78 is 0. The summed E-state index contributed by atoms with van der Waals surface area (Å²) in [6, 6.07) is -0.0821. The van der Waals surface area contributed by atoms with E-state index in [9.17, 15) is 9.59 Å². The second kappa shape index (κ2) is 8.99. The van der Waals surface area contributed by atoms with Crippen LogP contribution in [0.3, 0.4) is 0 Å². The van der Waals surface area contributed by atoms with Crippen LogP contribution in [-0.2, 0) is 9.59 Å². The number of likely N-dealkylation sites (N-methyl/N-ethyl adjacent to an activating group) is 1. The molecule has 110 valence electrons. The number of carbonyl (C=O) groups excluding carboxylic acids is 2. The second-order valence-electron chi connectivity index (χ2n) is 5.38. The lowest BCUT2D eigenvalue weighted by Crippen LogP contribution is -2.43. The molecule has 0 spiro atoms. The van der Waals surface area contributed by atoms with Crippen LogP contribution in [0.1, 0.15) is 52.9 Å². The Morgan fingerprint density at radius 1 is 1.26 bits per heavy atom. The molecule has 0 saturated heterocycles. The largest absolute Gasteiger partial charge is 0.319 e. The highest BCUT2D eigenvalue weighted by Crippen LogP contribution is 2.13. The molecule has 0 bridgehead atoms. The smallest absolute Gasteiger partial charge is 0.149 e. The third-order valence-electron chi connectivity index (χ3n) is 3.50. The van der Waals surface area contributed by atoms with Crippen LogP contribution in [0, 0.1) is 0 Å². The highest BCUT2D eigenvalue weighted by atomic mass is 16.1. The summed E-state index contributed by atoms with van der Waals surface area (Å²) >= 11 is 0. The van der Waals surface area contributed by atoms with E-state index in [4.69, 9.17) is 5.73 Å². The van der Waals surface area contributed by atoms with Crippen LogP contribution in [0.5, 0.6) is 0 Å². The molecule has 0 aliphatic heterocycles. The molecular formula is C15H28N2O2. The maximum absolute atomic E-state index is 11.2. The minimum atomic E-state index is -0.685. The molecule has 0 aromatic carbocycles. The molecule has 0 aliphatic carbocycles. The molecule has 0 saturated carbocycles. The van der Waals surface area contributed by atoms with Gasteiger partial charge in [-0.05, 0) is 53.5 Å². The summed E-state index contributed by atoms with van der Waals surface area (Å²) in [5, 5.41) is 2.98. The number of Topliss-reactive ketones (excluding diaryl/α,β-unsaturated/α-hetero) is 2. The number of allylic oxidation sites excluding steroid dienone is 1. The van der Waals surface area contributed by atoms with Crippen molar-refractivity contribution in [3.63, 3.8) is 0 Å². The van der Waals surface area contributed by atoms with E-state index in [1.54, 1.807) is 27.8 Å². The number of unbranched alkanes of at least 4 members (excludes halogenated alkanes) is 2.